The summed E-state index contributed by atoms with van der Waals surface area (Å²) in [6, 6.07) is 9.01. The van der Waals surface area contributed by atoms with Crippen LogP contribution in [0.5, 0.6) is 0 Å². The van der Waals surface area contributed by atoms with Gasteiger partial charge in [0.05, 0.1) is 6.33 Å². The number of carbonyl (C=O) groups excluding carboxylic acids is 1. The van der Waals surface area contributed by atoms with Crippen molar-refractivity contribution in [3.05, 3.63) is 57.3 Å². The average Bonchev–Trinajstić information content (AvgIpc) is 3.03. The molecule has 0 aliphatic carbocycles. The molecule has 0 radical (unpaired) electrons. The summed E-state index contributed by atoms with van der Waals surface area (Å²) in [5.74, 6) is -0.0192. The molecular formula is C15H14N4O2S. The van der Waals surface area contributed by atoms with E-state index in [1.165, 1.54) is 10.9 Å². The number of aromatic nitrogens is 4. The first-order chi connectivity index (χ1) is 10.6. The van der Waals surface area contributed by atoms with E-state index >= 15 is 0 Å². The van der Waals surface area contributed by atoms with Gasteiger partial charge in [0.1, 0.15) is 5.52 Å². The topological polar surface area (TPSA) is 72.7 Å². The molecule has 1 aromatic carbocycles. The molecule has 112 valence electrons. The Morgan fingerprint density at radius 1 is 1.32 bits per heavy atom. The zero-order chi connectivity index (χ0) is 15.7. The van der Waals surface area contributed by atoms with Crippen LogP contribution < -0.4 is 5.56 Å². The first-order valence-electron chi connectivity index (χ1n) is 6.80. The fourth-order valence-corrected chi connectivity index (χ4v) is 2.63. The van der Waals surface area contributed by atoms with Crippen molar-refractivity contribution in [3.63, 3.8) is 0 Å². The van der Waals surface area contributed by atoms with Crippen molar-refractivity contribution >= 4 is 29.2 Å². The number of imidazole rings is 1. The van der Waals surface area contributed by atoms with Gasteiger partial charge < -0.3 is 9.55 Å². The Kier molecular flexibility index (Phi) is 3.72. The number of fused-ring (bicyclic) bond motifs is 1. The summed E-state index contributed by atoms with van der Waals surface area (Å²) >= 11 is 5.30. The number of ketones is 1. The zero-order valence-electron chi connectivity index (χ0n) is 11.9. The molecule has 3 rings (SSSR count). The lowest BCUT2D eigenvalue weighted by molar-refractivity contribution is 0.0976. The summed E-state index contributed by atoms with van der Waals surface area (Å²) in [5, 5.41) is 0. The van der Waals surface area contributed by atoms with Gasteiger partial charge in [0.25, 0.3) is 5.56 Å². The van der Waals surface area contributed by atoms with Crippen LogP contribution in [0.25, 0.3) is 11.2 Å². The third-order valence-corrected chi connectivity index (χ3v) is 4.07. The number of hydrogen-bond acceptors (Lipinski definition) is 4. The molecule has 0 saturated heterocycles. The molecule has 1 N–H and O–H groups in total. The lowest BCUT2D eigenvalue weighted by Crippen LogP contribution is -2.26. The van der Waals surface area contributed by atoms with Gasteiger partial charge in [-0.25, -0.2) is 4.98 Å². The Labute approximate surface area is 131 Å². The van der Waals surface area contributed by atoms with Crippen LogP contribution in [0.15, 0.2) is 41.5 Å². The van der Waals surface area contributed by atoms with Crippen LogP contribution in [0.4, 0.5) is 0 Å². The van der Waals surface area contributed by atoms with Gasteiger partial charge in [-0.1, -0.05) is 30.3 Å². The minimum absolute atomic E-state index is 0.0192. The molecule has 2 aromatic heterocycles. The van der Waals surface area contributed by atoms with Crippen molar-refractivity contribution in [2.75, 3.05) is 0 Å². The molecule has 0 spiro atoms. The average molecular weight is 314 g/mol. The second-order valence-electron chi connectivity index (χ2n) is 4.94. The van der Waals surface area contributed by atoms with Gasteiger partial charge in [-0.3, -0.25) is 14.2 Å². The van der Waals surface area contributed by atoms with E-state index in [2.05, 4.69) is 9.97 Å². The van der Waals surface area contributed by atoms with Gasteiger partial charge in [0.2, 0.25) is 0 Å². The summed E-state index contributed by atoms with van der Waals surface area (Å²) in [6.45, 7) is 0.244. The van der Waals surface area contributed by atoms with Crippen LogP contribution in [-0.4, -0.2) is 24.9 Å². The predicted octanol–water partition coefficient (Wildman–Crippen LogP) is 2.07. The smallest absolute Gasteiger partial charge is 0.280 e. The number of hydrogen-bond donors (Lipinski definition) is 1. The van der Waals surface area contributed by atoms with Gasteiger partial charge in [-0.05, 0) is 12.2 Å². The molecule has 22 heavy (non-hydrogen) atoms. The van der Waals surface area contributed by atoms with Crippen molar-refractivity contribution in [1.29, 1.82) is 0 Å². The molecule has 0 aliphatic heterocycles. The maximum Gasteiger partial charge on any atom is 0.280 e. The fourth-order valence-electron chi connectivity index (χ4n) is 2.37. The SMILES string of the molecule is Cn1c(=S)n(CCC(=O)c2ccccc2)c(=O)c2[nH]cnc21. The highest BCUT2D eigenvalue weighted by molar-refractivity contribution is 7.71. The maximum absolute atomic E-state index is 12.4. The van der Waals surface area contributed by atoms with Crippen molar-refractivity contribution < 1.29 is 4.79 Å². The molecule has 6 nitrogen and oxygen atoms in total. The Morgan fingerprint density at radius 3 is 2.77 bits per heavy atom. The van der Waals surface area contributed by atoms with E-state index in [0.717, 1.165) is 0 Å². The van der Waals surface area contributed by atoms with Crippen LogP contribution in [0.3, 0.4) is 0 Å². The highest BCUT2D eigenvalue weighted by Gasteiger charge is 2.12. The Balaban J connectivity index is 1.93. The second-order valence-corrected chi connectivity index (χ2v) is 5.30. The lowest BCUT2D eigenvalue weighted by atomic mass is 10.1. The number of H-pyrrole nitrogens is 1. The van der Waals surface area contributed by atoms with Crippen molar-refractivity contribution in [1.82, 2.24) is 19.1 Å². The molecule has 3 aromatic rings. The highest BCUT2D eigenvalue weighted by atomic mass is 32.1. The van der Waals surface area contributed by atoms with Gasteiger partial charge in [-0.2, -0.15) is 0 Å². The number of rotatable bonds is 4. The molecule has 2 heterocycles. The van der Waals surface area contributed by atoms with Crippen molar-refractivity contribution in [2.45, 2.75) is 13.0 Å². The molecule has 0 saturated carbocycles. The maximum atomic E-state index is 12.4. The second kappa shape index (κ2) is 5.69. The van der Waals surface area contributed by atoms with Crippen LogP contribution in [0.1, 0.15) is 16.8 Å². The molecule has 0 fully saturated rings. The monoisotopic (exact) mass is 314 g/mol. The van der Waals surface area contributed by atoms with E-state index in [-0.39, 0.29) is 24.3 Å². The first kappa shape index (κ1) is 14.4. The van der Waals surface area contributed by atoms with Gasteiger partial charge in [0, 0.05) is 25.6 Å². The molecule has 0 bridgehead atoms. The van der Waals surface area contributed by atoms with Crippen LogP contribution in [0.2, 0.25) is 0 Å². The van der Waals surface area contributed by atoms with Gasteiger partial charge in [-0.15, -0.1) is 0 Å². The van der Waals surface area contributed by atoms with E-state index in [1.807, 2.05) is 18.2 Å². The number of nitrogens with one attached hydrogen (secondary N) is 1. The normalized spacial score (nSPS) is 11.0. The quantitative estimate of drug-likeness (QED) is 0.591. The van der Waals surface area contributed by atoms with E-state index in [4.69, 9.17) is 12.2 Å². The minimum atomic E-state index is -0.253. The van der Waals surface area contributed by atoms with E-state index in [1.54, 1.807) is 23.7 Å². The summed E-state index contributed by atoms with van der Waals surface area (Å²) in [5.41, 5.74) is 1.29. The standard InChI is InChI=1S/C15H14N4O2S/c1-18-13-12(16-9-17-13)14(21)19(15(18)22)8-7-11(20)10-5-3-2-4-6-10/h2-6,9H,7-8H2,1H3,(H,16,17). The van der Waals surface area contributed by atoms with Gasteiger partial charge in [0.15, 0.2) is 16.2 Å². The van der Waals surface area contributed by atoms with E-state index < -0.39 is 0 Å². The molecular weight excluding hydrogens is 300 g/mol. The third-order valence-electron chi connectivity index (χ3n) is 3.57. The molecule has 0 atom stereocenters. The summed E-state index contributed by atoms with van der Waals surface area (Å²) in [6.07, 6.45) is 1.67. The van der Waals surface area contributed by atoms with Crippen LogP contribution >= 0.6 is 12.2 Å². The summed E-state index contributed by atoms with van der Waals surface area (Å²) in [4.78, 5) is 31.5. The first-order valence-corrected chi connectivity index (χ1v) is 7.21. The number of aromatic amines is 1. The third kappa shape index (κ3) is 2.39. The lowest BCUT2D eigenvalue weighted by Gasteiger charge is -2.09. The number of aryl methyl sites for hydroxylation is 1. The van der Waals surface area contributed by atoms with E-state index in [0.29, 0.717) is 21.5 Å². The number of carbonyl (C=O) groups is 1. The highest BCUT2D eigenvalue weighted by Crippen LogP contribution is 2.07. The van der Waals surface area contributed by atoms with E-state index in [9.17, 15) is 9.59 Å². The van der Waals surface area contributed by atoms with Crippen molar-refractivity contribution in [2.24, 2.45) is 7.05 Å². The Hall–Kier alpha value is -2.54. The fraction of sp³-hybridized carbons (Fsp3) is 0.200. The molecule has 7 heteroatoms. The predicted molar refractivity (Wildman–Crippen MR) is 85.5 cm³/mol. The number of benzene rings is 1. The largest absolute Gasteiger partial charge is 0.339 e. The summed E-state index contributed by atoms with van der Waals surface area (Å²) in [7, 11) is 1.75. The minimum Gasteiger partial charge on any atom is -0.339 e. The number of Topliss-reactive ketones (excluding diaryl/α,β-unsaturated/α-hetero) is 1. The molecule has 0 unspecified atom stereocenters. The molecule has 0 aliphatic rings. The summed E-state index contributed by atoms with van der Waals surface area (Å²) < 4.78 is 3.44. The van der Waals surface area contributed by atoms with Gasteiger partial charge >= 0.3 is 0 Å². The zero-order valence-corrected chi connectivity index (χ0v) is 12.8. The Morgan fingerprint density at radius 2 is 2.05 bits per heavy atom. The molecule has 0 amide bonds. The van der Waals surface area contributed by atoms with Crippen molar-refractivity contribution in [3.8, 4) is 0 Å². The van der Waals surface area contributed by atoms with Crippen LogP contribution in [0, 0.1) is 4.77 Å². The van der Waals surface area contributed by atoms with Crippen LogP contribution in [-0.2, 0) is 13.6 Å². The number of nitrogens with zero attached hydrogens (tertiary/aromatic N) is 3. The Bertz CT molecular complexity index is 953.